The van der Waals surface area contributed by atoms with Crippen molar-refractivity contribution in [3.8, 4) is 0 Å². The van der Waals surface area contributed by atoms with Crippen LogP contribution in [0.25, 0.3) is 0 Å². The zero-order valence-corrected chi connectivity index (χ0v) is 17.1. The van der Waals surface area contributed by atoms with Gasteiger partial charge < -0.3 is 15.7 Å². The molecule has 0 fully saturated rings. The van der Waals surface area contributed by atoms with Gasteiger partial charge in [-0.25, -0.2) is 4.79 Å². The molecular formula is C23H20Cl2N2O2. The summed E-state index contributed by atoms with van der Waals surface area (Å²) in [5.41, 5.74) is 5.43. The Morgan fingerprint density at radius 1 is 0.966 bits per heavy atom. The molecule has 0 aromatic heterocycles. The molecule has 0 spiro atoms. The molecule has 3 aromatic carbocycles. The molecule has 0 saturated heterocycles. The number of hydrogen-bond acceptors (Lipinski definition) is 3. The molecule has 3 N–H and O–H groups in total. The van der Waals surface area contributed by atoms with E-state index in [1.165, 1.54) is 11.1 Å². The molecule has 3 aromatic rings. The van der Waals surface area contributed by atoms with Gasteiger partial charge in [0.1, 0.15) is 0 Å². The van der Waals surface area contributed by atoms with Gasteiger partial charge in [-0.05, 0) is 65.9 Å². The maximum absolute atomic E-state index is 11.4. The lowest BCUT2D eigenvalue weighted by Gasteiger charge is -2.12. The van der Waals surface area contributed by atoms with Crippen LogP contribution in [0.15, 0.2) is 60.7 Å². The highest BCUT2D eigenvalue weighted by Crippen LogP contribution is 2.29. The summed E-state index contributed by atoms with van der Waals surface area (Å²) in [5, 5.41) is 17.3. The third kappa shape index (κ3) is 4.56. The Morgan fingerprint density at radius 2 is 1.76 bits per heavy atom. The minimum absolute atomic E-state index is 0.258. The van der Waals surface area contributed by atoms with Crippen molar-refractivity contribution in [3.63, 3.8) is 0 Å². The number of carbonyl (C=O) groups is 1. The van der Waals surface area contributed by atoms with Crippen LogP contribution < -0.4 is 10.6 Å². The van der Waals surface area contributed by atoms with E-state index >= 15 is 0 Å². The fourth-order valence-electron chi connectivity index (χ4n) is 3.69. The van der Waals surface area contributed by atoms with E-state index in [2.05, 4.69) is 22.8 Å². The van der Waals surface area contributed by atoms with Crippen molar-refractivity contribution in [1.29, 1.82) is 0 Å². The molecule has 1 aliphatic carbocycles. The number of fused-ring (bicyclic) bond motifs is 1. The summed E-state index contributed by atoms with van der Waals surface area (Å²) in [4.78, 5) is 11.4. The molecule has 0 saturated carbocycles. The van der Waals surface area contributed by atoms with Crippen molar-refractivity contribution in [2.45, 2.75) is 25.4 Å². The first-order valence-electron chi connectivity index (χ1n) is 9.38. The zero-order valence-electron chi connectivity index (χ0n) is 15.6. The molecular weight excluding hydrogens is 407 g/mol. The summed E-state index contributed by atoms with van der Waals surface area (Å²) in [6.07, 6.45) is 1.88. The van der Waals surface area contributed by atoms with E-state index in [0.29, 0.717) is 21.8 Å². The number of aromatic carboxylic acids is 1. The maximum atomic E-state index is 11.4. The van der Waals surface area contributed by atoms with Gasteiger partial charge in [-0.3, -0.25) is 0 Å². The molecule has 0 bridgehead atoms. The van der Waals surface area contributed by atoms with Gasteiger partial charge in [0.15, 0.2) is 0 Å². The average molecular weight is 427 g/mol. The molecule has 1 aliphatic rings. The van der Waals surface area contributed by atoms with Crippen LogP contribution in [-0.4, -0.2) is 17.1 Å². The highest BCUT2D eigenvalue weighted by Gasteiger charge is 2.21. The quantitative estimate of drug-likeness (QED) is 0.473. The van der Waals surface area contributed by atoms with E-state index in [9.17, 15) is 9.90 Å². The zero-order chi connectivity index (χ0) is 20.4. The van der Waals surface area contributed by atoms with Crippen molar-refractivity contribution >= 4 is 40.5 Å². The number of nitrogens with one attached hydrogen (secondary N) is 2. The van der Waals surface area contributed by atoms with Crippen LogP contribution >= 0.6 is 23.2 Å². The van der Waals surface area contributed by atoms with Crippen LogP contribution in [0, 0.1) is 0 Å². The standard InChI is InChI=1S/C23H20Cl2N2O2/c24-20-8-5-14(9-21(20)25)13-26-18-10-15-6-7-17(11-16(15)12-18)27-22-4-2-1-3-19(22)23(28)29/h1-9,11,18,26-27H,10,12-13H2,(H,28,29). The van der Waals surface area contributed by atoms with Crippen molar-refractivity contribution in [3.05, 3.63) is 93.0 Å². The van der Waals surface area contributed by atoms with Gasteiger partial charge >= 0.3 is 5.97 Å². The molecule has 4 nitrogen and oxygen atoms in total. The second-order valence-electron chi connectivity index (χ2n) is 7.19. The average Bonchev–Trinajstić information content (AvgIpc) is 3.11. The van der Waals surface area contributed by atoms with Crippen LogP contribution in [-0.2, 0) is 19.4 Å². The van der Waals surface area contributed by atoms with E-state index < -0.39 is 5.97 Å². The van der Waals surface area contributed by atoms with Gasteiger partial charge in [-0.1, -0.05) is 47.5 Å². The molecule has 1 unspecified atom stereocenters. The number of hydrogen-bond donors (Lipinski definition) is 3. The summed E-state index contributed by atoms with van der Waals surface area (Å²) in [5.74, 6) is -0.944. The van der Waals surface area contributed by atoms with E-state index in [0.717, 1.165) is 30.6 Å². The van der Waals surface area contributed by atoms with Crippen LogP contribution in [0.4, 0.5) is 11.4 Å². The Bertz CT molecular complexity index is 1070. The molecule has 4 rings (SSSR count). The second-order valence-corrected chi connectivity index (χ2v) is 8.01. The van der Waals surface area contributed by atoms with E-state index in [4.69, 9.17) is 23.2 Å². The van der Waals surface area contributed by atoms with Gasteiger partial charge in [0, 0.05) is 18.3 Å². The third-order valence-corrected chi connectivity index (χ3v) is 5.89. The van der Waals surface area contributed by atoms with Crippen LogP contribution in [0.3, 0.4) is 0 Å². The normalized spacial score (nSPS) is 15.2. The Morgan fingerprint density at radius 3 is 2.55 bits per heavy atom. The number of halogens is 2. The summed E-state index contributed by atoms with van der Waals surface area (Å²) >= 11 is 12.1. The lowest BCUT2D eigenvalue weighted by atomic mass is 10.1. The number of para-hydroxylation sites is 1. The number of carboxylic acid groups (broad SMARTS) is 1. The topological polar surface area (TPSA) is 61.4 Å². The first kappa shape index (κ1) is 19.8. The fraction of sp³-hybridized carbons (Fsp3) is 0.174. The number of rotatable bonds is 6. The predicted octanol–water partition coefficient (Wildman–Crippen LogP) is 5.69. The summed E-state index contributed by atoms with van der Waals surface area (Å²) in [7, 11) is 0. The van der Waals surface area contributed by atoms with Gasteiger partial charge in [-0.2, -0.15) is 0 Å². The molecule has 0 heterocycles. The molecule has 0 aliphatic heterocycles. The van der Waals surface area contributed by atoms with Gasteiger partial charge in [0.25, 0.3) is 0 Å². The first-order chi connectivity index (χ1) is 14.0. The number of anilines is 2. The minimum atomic E-state index is -0.944. The monoisotopic (exact) mass is 426 g/mol. The van der Waals surface area contributed by atoms with Crippen molar-refractivity contribution in [1.82, 2.24) is 5.32 Å². The van der Waals surface area contributed by atoms with Gasteiger partial charge in [0.2, 0.25) is 0 Å². The lowest BCUT2D eigenvalue weighted by Crippen LogP contribution is -2.28. The number of carboxylic acids is 1. The highest BCUT2D eigenvalue weighted by molar-refractivity contribution is 6.42. The molecule has 0 amide bonds. The van der Waals surface area contributed by atoms with Crippen molar-refractivity contribution in [2.24, 2.45) is 0 Å². The van der Waals surface area contributed by atoms with Crippen molar-refractivity contribution < 1.29 is 9.90 Å². The summed E-state index contributed by atoms with van der Waals surface area (Å²) < 4.78 is 0. The Kier molecular flexibility index (Phi) is 5.76. The van der Waals surface area contributed by atoms with E-state index in [1.807, 2.05) is 30.3 Å². The Labute approximate surface area is 179 Å². The molecule has 148 valence electrons. The summed E-state index contributed by atoms with van der Waals surface area (Å²) in [6.45, 7) is 0.729. The van der Waals surface area contributed by atoms with Crippen LogP contribution in [0.2, 0.25) is 10.0 Å². The smallest absolute Gasteiger partial charge is 0.337 e. The van der Waals surface area contributed by atoms with Crippen molar-refractivity contribution in [2.75, 3.05) is 5.32 Å². The molecule has 29 heavy (non-hydrogen) atoms. The van der Waals surface area contributed by atoms with Crippen LogP contribution in [0.5, 0.6) is 0 Å². The van der Waals surface area contributed by atoms with Gasteiger partial charge in [-0.15, -0.1) is 0 Å². The highest BCUT2D eigenvalue weighted by atomic mass is 35.5. The Hall–Kier alpha value is -2.53. The predicted molar refractivity (Wildman–Crippen MR) is 118 cm³/mol. The fourth-order valence-corrected chi connectivity index (χ4v) is 4.01. The van der Waals surface area contributed by atoms with Gasteiger partial charge in [0.05, 0.1) is 21.3 Å². The third-order valence-electron chi connectivity index (χ3n) is 5.15. The van der Waals surface area contributed by atoms with Crippen LogP contribution in [0.1, 0.15) is 27.0 Å². The number of benzene rings is 3. The Balaban J connectivity index is 1.42. The molecule has 1 atom stereocenters. The maximum Gasteiger partial charge on any atom is 0.337 e. The molecule has 6 heteroatoms. The first-order valence-corrected chi connectivity index (χ1v) is 10.1. The largest absolute Gasteiger partial charge is 0.478 e. The van der Waals surface area contributed by atoms with E-state index in [1.54, 1.807) is 18.2 Å². The SMILES string of the molecule is O=C(O)c1ccccc1Nc1ccc2c(c1)CC(NCc1ccc(Cl)c(Cl)c1)C2. The lowest BCUT2D eigenvalue weighted by molar-refractivity contribution is 0.0698. The van der Waals surface area contributed by atoms with E-state index in [-0.39, 0.29) is 5.56 Å². The second kappa shape index (κ2) is 8.46. The minimum Gasteiger partial charge on any atom is -0.478 e. The molecule has 0 radical (unpaired) electrons. The summed E-state index contributed by atoms with van der Waals surface area (Å²) in [6, 6.07) is 19.2.